The molecule has 0 saturated carbocycles. The molecule has 0 unspecified atom stereocenters. The van der Waals surface area contributed by atoms with Crippen LogP contribution in [0.4, 0.5) is 5.69 Å². The van der Waals surface area contributed by atoms with E-state index in [0.717, 1.165) is 93.9 Å². The summed E-state index contributed by atoms with van der Waals surface area (Å²) in [5.41, 5.74) is 26.6. The SMILES string of the molecule is [C-]#[N+]c1ccc(-n2c3ccc(-c4ccccc4C)cc3c3cc(-c4ccccc4C)ccc32)cc1-c1cc(-c2ccc(C#N)cc2C)ccc1-n1c2ccc(-c3ccccc3C)cc2c2cc(-c3ccccc3C)ccc21. The largest absolute Gasteiger partial charge is 0.309 e. The molecular weight excluding hydrogens is 933 g/mol. The topological polar surface area (TPSA) is 38.0 Å². The van der Waals surface area contributed by atoms with E-state index in [1.807, 2.05) is 24.3 Å². The molecule has 0 amide bonds. The first-order valence-electron chi connectivity index (χ1n) is 26.2. The highest BCUT2D eigenvalue weighted by Crippen LogP contribution is 2.46. The normalized spacial score (nSPS) is 11.4. The predicted octanol–water partition coefficient (Wildman–Crippen LogP) is 19.8. The van der Waals surface area contributed by atoms with Crippen LogP contribution < -0.4 is 0 Å². The highest BCUT2D eigenvalue weighted by molar-refractivity contribution is 6.14. The van der Waals surface area contributed by atoms with Crippen molar-refractivity contribution in [3.05, 3.63) is 269 Å². The van der Waals surface area contributed by atoms with E-state index < -0.39 is 0 Å². The number of rotatable bonds is 8. The van der Waals surface area contributed by atoms with Gasteiger partial charge in [-0.05, 0) is 214 Å². The first kappa shape index (κ1) is 46.8. The Hall–Kier alpha value is -10.0. The van der Waals surface area contributed by atoms with Gasteiger partial charge < -0.3 is 9.13 Å². The average Bonchev–Trinajstić information content (AvgIpc) is 4.09. The van der Waals surface area contributed by atoms with Gasteiger partial charge in [-0.25, -0.2) is 4.85 Å². The van der Waals surface area contributed by atoms with Crippen LogP contribution in [0.3, 0.4) is 0 Å². The molecule has 0 N–H and O–H groups in total. The number of hydrogen-bond donors (Lipinski definition) is 0. The van der Waals surface area contributed by atoms with Crippen molar-refractivity contribution in [2.24, 2.45) is 0 Å². The van der Waals surface area contributed by atoms with E-state index in [0.29, 0.717) is 11.3 Å². The third kappa shape index (κ3) is 7.90. The summed E-state index contributed by atoms with van der Waals surface area (Å²) in [4.78, 5) is 4.29. The maximum Gasteiger partial charge on any atom is 0.195 e. The first-order chi connectivity index (χ1) is 37.6. The van der Waals surface area contributed by atoms with Crippen molar-refractivity contribution in [1.29, 1.82) is 5.26 Å². The van der Waals surface area contributed by atoms with Crippen LogP contribution in [0.1, 0.15) is 33.4 Å². The summed E-state index contributed by atoms with van der Waals surface area (Å²) in [6.07, 6.45) is 0. The van der Waals surface area contributed by atoms with Crippen molar-refractivity contribution in [2.45, 2.75) is 34.6 Å². The molecule has 4 heteroatoms. The van der Waals surface area contributed by atoms with Crippen LogP contribution in [0.25, 0.3) is 127 Å². The zero-order valence-electron chi connectivity index (χ0n) is 43.7. The number of benzene rings is 11. The van der Waals surface area contributed by atoms with Gasteiger partial charge in [-0.3, -0.25) is 0 Å². The number of aryl methyl sites for hydroxylation is 5. The highest BCUT2D eigenvalue weighted by Gasteiger charge is 2.23. The van der Waals surface area contributed by atoms with E-state index in [1.165, 1.54) is 55.6 Å². The molecular formula is C73H52N4. The van der Waals surface area contributed by atoms with Gasteiger partial charge >= 0.3 is 0 Å². The Labute approximate surface area is 449 Å². The zero-order chi connectivity index (χ0) is 52.5. The minimum atomic E-state index is 0.553. The molecule has 77 heavy (non-hydrogen) atoms. The number of nitriles is 1. The Morgan fingerprint density at radius 1 is 0.338 bits per heavy atom. The molecule has 0 fully saturated rings. The second-order valence-corrected chi connectivity index (χ2v) is 20.5. The zero-order valence-corrected chi connectivity index (χ0v) is 43.7. The molecule has 0 aliphatic rings. The van der Waals surface area contributed by atoms with E-state index in [9.17, 15) is 5.26 Å². The van der Waals surface area contributed by atoms with Crippen molar-refractivity contribution in [3.63, 3.8) is 0 Å². The van der Waals surface area contributed by atoms with Gasteiger partial charge in [0.2, 0.25) is 0 Å². The molecule has 364 valence electrons. The van der Waals surface area contributed by atoms with Crippen LogP contribution in [0.2, 0.25) is 0 Å². The van der Waals surface area contributed by atoms with E-state index in [-0.39, 0.29) is 0 Å². The van der Waals surface area contributed by atoms with Crippen molar-refractivity contribution in [3.8, 4) is 84.2 Å². The molecule has 2 aromatic heterocycles. The molecule has 0 aliphatic heterocycles. The molecule has 2 heterocycles. The monoisotopic (exact) mass is 984 g/mol. The van der Waals surface area contributed by atoms with Crippen molar-refractivity contribution in [2.75, 3.05) is 0 Å². The van der Waals surface area contributed by atoms with Crippen molar-refractivity contribution in [1.82, 2.24) is 9.13 Å². The number of fused-ring (bicyclic) bond motifs is 6. The summed E-state index contributed by atoms with van der Waals surface area (Å²) in [7, 11) is 0. The lowest BCUT2D eigenvalue weighted by Crippen LogP contribution is -2.00. The Morgan fingerprint density at radius 2 is 0.727 bits per heavy atom. The second-order valence-electron chi connectivity index (χ2n) is 20.5. The smallest absolute Gasteiger partial charge is 0.195 e. The van der Waals surface area contributed by atoms with Crippen LogP contribution in [0.5, 0.6) is 0 Å². The summed E-state index contributed by atoms with van der Waals surface area (Å²) < 4.78 is 4.78. The van der Waals surface area contributed by atoms with E-state index in [2.05, 4.69) is 255 Å². The lowest BCUT2D eigenvalue weighted by atomic mass is 9.93. The van der Waals surface area contributed by atoms with Crippen molar-refractivity contribution >= 4 is 49.3 Å². The molecule has 0 radical (unpaired) electrons. The summed E-state index contributed by atoms with van der Waals surface area (Å²) >= 11 is 0. The summed E-state index contributed by atoms with van der Waals surface area (Å²) in [5.74, 6) is 0. The van der Waals surface area contributed by atoms with E-state index in [4.69, 9.17) is 6.57 Å². The van der Waals surface area contributed by atoms with E-state index in [1.54, 1.807) is 0 Å². The molecule has 0 spiro atoms. The van der Waals surface area contributed by atoms with Gasteiger partial charge in [0.1, 0.15) is 0 Å². The Kier molecular flexibility index (Phi) is 11.4. The molecule has 0 atom stereocenters. The molecule has 11 aromatic carbocycles. The third-order valence-electron chi connectivity index (χ3n) is 15.9. The molecule has 0 bridgehead atoms. The molecule has 13 aromatic rings. The van der Waals surface area contributed by atoms with Gasteiger partial charge in [0, 0.05) is 27.2 Å². The highest BCUT2D eigenvalue weighted by atomic mass is 15.0. The Morgan fingerprint density at radius 3 is 1.13 bits per heavy atom. The van der Waals surface area contributed by atoms with Crippen LogP contribution in [0, 0.1) is 52.5 Å². The van der Waals surface area contributed by atoms with Crippen LogP contribution in [0.15, 0.2) is 224 Å². The fraction of sp³-hybridized carbons (Fsp3) is 0.0685. The number of nitrogens with zero attached hydrogens (tertiary/aromatic N) is 4. The lowest BCUT2D eigenvalue weighted by Gasteiger charge is -2.19. The number of hydrogen-bond acceptors (Lipinski definition) is 1. The number of aromatic nitrogens is 2. The predicted molar refractivity (Wildman–Crippen MR) is 322 cm³/mol. The van der Waals surface area contributed by atoms with Crippen molar-refractivity contribution < 1.29 is 0 Å². The fourth-order valence-corrected chi connectivity index (χ4v) is 12.0. The van der Waals surface area contributed by atoms with Gasteiger partial charge in [-0.15, -0.1) is 0 Å². The van der Waals surface area contributed by atoms with Crippen LogP contribution in [-0.4, -0.2) is 9.13 Å². The standard InChI is InChI=1S/C73H52N4/c1-45-15-7-11-19-57(45)51-24-32-69-64(39-51)65-40-52(58-20-12-8-16-46(58)2)25-33-70(65)76(69)56-29-31-68(75-6)62(43-56)63-38-55(61-30-23-50(44-74)37-49(61)5)28-34-71(63)77-72-35-26-53(59-21-13-9-17-47(59)3)41-66(72)67-42-54(27-36-73(67)77)60-22-14-10-18-48(60)4/h7-43H,1-5H3. The van der Waals surface area contributed by atoms with Gasteiger partial charge in [0.25, 0.3) is 0 Å². The lowest BCUT2D eigenvalue weighted by molar-refractivity contribution is 1.17. The Bertz CT molecular complexity index is 4450. The van der Waals surface area contributed by atoms with Crippen LogP contribution in [-0.2, 0) is 0 Å². The molecule has 0 aliphatic carbocycles. The minimum absolute atomic E-state index is 0.553. The van der Waals surface area contributed by atoms with Gasteiger partial charge in [-0.1, -0.05) is 140 Å². The summed E-state index contributed by atoms with van der Waals surface area (Å²) in [5, 5.41) is 14.5. The quantitative estimate of drug-likeness (QED) is 0.140. The molecule has 0 saturated heterocycles. The second kappa shape index (κ2) is 18.7. The Balaban J connectivity index is 1.09. The van der Waals surface area contributed by atoms with Gasteiger partial charge in [0.15, 0.2) is 5.69 Å². The summed E-state index contributed by atoms with van der Waals surface area (Å²) in [6.45, 7) is 19.6. The average molecular weight is 985 g/mol. The fourth-order valence-electron chi connectivity index (χ4n) is 12.0. The van der Waals surface area contributed by atoms with Gasteiger partial charge in [0.05, 0.1) is 46.0 Å². The maximum atomic E-state index is 9.89. The minimum Gasteiger partial charge on any atom is -0.309 e. The maximum absolute atomic E-state index is 9.89. The van der Waals surface area contributed by atoms with Crippen LogP contribution >= 0.6 is 0 Å². The summed E-state index contributed by atoms with van der Waals surface area (Å²) in [6, 6.07) is 83.1. The first-order valence-corrected chi connectivity index (χ1v) is 26.2. The van der Waals surface area contributed by atoms with E-state index >= 15 is 0 Å². The third-order valence-corrected chi connectivity index (χ3v) is 15.9. The van der Waals surface area contributed by atoms with Gasteiger partial charge in [-0.2, -0.15) is 5.26 Å². The molecule has 13 rings (SSSR count). The molecule has 4 nitrogen and oxygen atoms in total.